The molecule has 0 unspecified atom stereocenters. The van der Waals surface area contributed by atoms with Crippen molar-refractivity contribution in [3.8, 4) is 11.4 Å². The monoisotopic (exact) mass is 330 g/mol. The molecule has 124 valence electrons. The lowest BCUT2D eigenvalue weighted by Crippen LogP contribution is -2.09. The van der Waals surface area contributed by atoms with Gasteiger partial charge in [-0.25, -0.2) is 15.0 Å². The summed E-state index contributed by atoms with van der Waals surface area (Å²) in [5, 5.41) is 3.42. The first-order chi connectivity index (χ1) is 12.4. The van der Waals surface area contributed by atoms with Crippen LogP contribution in [0.5, 0.6) is 0 Å². The van der Waals surface area contributed by atoms with E-state index in [1.165, 1.54) is 0 Å². The predicted octanol–water partition coefficient (Wildman–Crippen LogP) is 3.39. The normalized spacial score (nSPS) is 10.9. The van der Waals surface area contributed by atoms with Crippen LogP contribution in [0, 0.1) is 0 Å². The van der Waals surface area contributed by atoms with Gasteiger partial charge in [0.05, 0.1) is 23.1 Å². The van der Waals surface area contributed by atoms with Gasteiger partial charge >= 0.3 is 0 Å². The molecule has 0 amide bonds. The molecule has 0 aliphatic rings. The lowest BCUT2D eigenvalue weighted by atomic mass is 10.2. The maximum Gasteiger partial charge on any atom is 0.154 e. The van der Waals surface area contributed by atoms with Crippen LogP contribution in [0.15, 0.2) is 67.4 Å². The second-order valence-electron chi connectivity index (χ2n) is 5.71. The summed E-state index contributed by atoms with van der Waals surface area (Å²) in [6.07, 6.45) is 8.33. The van der Waals surface area contributed by atoms with E-state index in [2.05, 4.69) is 19.9 Å². The highest BCUT2D eigenvalue weighted by Gasteiger charge is 2.11. The molecular formula is C19H18N6. The third kappa shape index (κ3) is 3.47. The summed E-state index contributed by atoms with van der Waals surface area (Å²) >= 11 is 0. The minimum Gasteiger partial charge on any atom is -0.368 e. The largest absolute Gasteiger partial charge is 0.368 e. The number of fused-ring (bicyclic) bond motifs is 1. The fraction of sp³-hybridized carbons (Fsp3) is 0.158. The van der Waals surface area contributed by atoms with Crippen LogP contribution >= 0.6 is 0 Å². The molecule has 3 heterocycles. The van der Waals surface area contributed by atoms with Crippen molar-refractivity contribution in [2.45, 2.75) is 13.0 Å². The van der Waals surface area contributed by atoms with Gasteiger partial charge in [-0.3, -0.25) is 4.98 Å². The molecule has 1 aromatic carbocycles. The first-order valence-corrected chi connectivity index (χ1v) is 8.28. The lowest BCUT2D eigenvalue weighted by Gasteiger charge is -2.11. The summed E-state index contributed by atoms with van der Waals surface area (Å²) in [6.45, 7) is 1.71. The van der Waals surface area contributed by atoms with Crippen LogP contribution in [0.1, 0.15) is 6.42 Å². The molecule has 0 aliphatic carbocycles. The number of hydrogen-bond acceptors (Lipinski definition) is 5. The molecule has 0 saturated carbocycles. The van der Waals surface area contributed by atoms with Crippen LogP contribution in [0.2, 0.25) is 0 Å². The SMILES string of the molecule is c1ccc(-c2nc3ccccc3nc2NCCCn2ccnc2)nc1. The first-order valence-electron chi connectivity index (χ1n) is 8.28. The first kappa shape index (κ1) is 15.3. The molecule has 0 bridgehead atoms. The number of nitrogens with zero attached hydrogens (tertiary/aromatic N) is 5. The third-order valence-corrected chi connectivity index (χ3v) is 3.92. The lowest BCUT2D eigenvalue weighted by molar-refractivity contribution is 0.660. The number of nitrogens with one attached hydrogen (secondary N) is 1. The summed E-state index contributed by atoms with van der Waals surface area (Å²) in [6, 6.07) is 13.7. The Bertz CT molecular complexity index is 950. The van der Waals surface area contributed by atoms with Gasteiger partial charge in [0.15, 0.2) is 5.82 Å². The average Bonchev–Trinajstić information content (AvgIpc) is 3.19. The van der Waals surface area contributed by atoms with Crippen LogP contribution in [0.4, 0.5) is 5.82 Å². The molecule has 3 aromatic heterocycles. The van der Waals surface area contributed by atoms with E-state index < -0.39 is 0 Å². The number of aromatic nitrogens is 5. The number of imidazole rings is 1. The molecule has 4 rings (SSSR count). The molecule has 0 saturated heterocycles. The molecule has 0 spiro atoms. The average molecular weight is 330 g/mol. The van der Waals surface area contributed by atoms with E-state index in [9.17, 15) is 0 Å². The van der Waals surface area contributed by atoms with E-state index in [1.54, 1.807) is 12.4 Å². The van der Waals surface area contributed by atoms with Crippen LogP contribution < -0.4 is 5.32 Å². The summed E-state index contributed by atoms with van der Waals surface area (Å²) in [4.78, 5) is 18.0. The Kier molecular flexibility index (Phi) is 4.33. The van der Waals surface area contributed by atoms with Gasteiger partial charge in [-0.15, -0.1) is 0 Å². The number of benzene rings is 1. The minimum atomic E-state index is 0.767. The van der Waals surface area contributed by atoms with Crippen molar-refractivity contribution in [1.29, 1.82) is 0 Å². The number of rotatable bonds is 6. The zero-order chi connectivity index (χ0) is 16.9. The second-order valence-corrected chi connectivity index (χ2v) is 5.71. The third-order valence-electron chi connectivity index (χ3n) is 3.92. The zero-order valence-electron chi connectivity index (χ0n) is 13.7. The maximum absolute atomic E-state index is 4.77. The fourth-order valence-corrected chi connectivity index (χ4v) is 2.69. The minimum absolute atomic E-state index is 0.767. The molecule has 0 radical (unpaired) electrons. The van der Waals surface area contributed by atoms with Gasteiger partial charge < -0.3 is 9.88 Å². The van der Waals surface area contributed by atoms with Crippen LogP contribution in [0.25, 0.3) is 22.4 Å². The Morgan fingerprint density at radius 3 is 2.52 bits per heavy atom. The molecule has 4 aromatic rings. The van der Waals surface area contributed by atoms with Gasteiger partial charge in [-0.1, -0.05) is 18.2 Å². The van der Waals surface area contributed by atoms with Gasteiger partial charge in [-0.2, -0.15) is 0 Å². The molecule has 0 fully saturated rings. The second kappa shape index (κ2) is 7.09. The molecular weight excluding hydrogens is 312 g/mol. The number of anilines is 1. The van der Waals surface area contributed by atoms with Crippen LogP contribution in [-0.4, -0.2) is 31.0 Å². The highest BCUT2D eigenvalue weighted by molar-refractivity contribution is 5.82. The summed E-state index contributed by atoms with van der Waals surface area (Å²) < 4.78 is 2.06. The highest BCUT2D eigenvalue weighted by Crippen LogP contribution is 2.25. The van der Waals surface area contributed by atoms with Crippen molar-refractivity contribution < 1.29 is 0 Å². The van der Waals surface area contributed by atoms with Gasteiger partial charge in [0.2, 0.25) is 0 Å². The van der Waals surface area contributed by atoms with E-state index in [-0.39, 0.29) is 0 Å². The van der Waals surface area contributed by atoms with Crippen LogP contribution in [0.3, 0.4) is 0 Å². The van der Waals surface area contributed by atoms with Crippen molar-refractivity contribution in [1.82, 2.24) is 24.5 Å². The van der Waals surface area contributed by atoms with Gasteiger partial charge in [0.25, 0.3) is 0 Å². The molecule has 0 atom stereocenters. The summed E-state index contributed by atoms with van der Waals surface area (Å²) in [5.74, 6) is 0.767. The Hall–Kier alpha value is -3.28. The van der Waals surface area contributed by atoms with Gasteiger partial charge in [0.1, 0.15) is 5.69 Å². The van der Waals surface area contributed by atoms with Crippen molar-refractivity contribution in [2.24, 2.45) is 0 Å². The summed E-state index contributed by atoms with van der Waals surface area (Å²) in [7, 11) is 0. The van der Waals surface area contributed by atoms with E-state index in [4.69, 9.17) is 9.97 Å². The van der Waals surface area contributed by atoms with E-state index in [1.807, 2.05) is 55.0 Å². The Morgan fingerprint density at radius 1 is 0.920 bits per heavy atom. The van der Waals surface area contributed by atoms with E-state index in [0.29, 0.717) is 0 Å². The van der Waals surface area contributed by atoms with E-state index >= 15 is 0 Å². The number of pyridine rings is 1. The Morgan fingerprint density at radius 2 is 1.76 bits per heavy atom. The van der Waals surface area contributed by atoms with Crippen molar-refractivity contribution in [3.63, 3.8) is 0 Å². The van der Waals surface area contributed by atoms with Crippen molar-refractivity contribution >= 4 is 16.9 Å². The molecule has 6 heteroatoms. The Balaban J connectivity index is 1.59. The van der Waals surface area contributed by atoms with Gasteiger partial charge in [0, 0.05) is 31.7 Å². The molecule has 1 N–H and O–H groups in total. The van der Waals surface area contributed by atoms with Crippen molar-refractivity contribution in [2.75, 3.05) is 11.9 Å². The number of hydrogen-bond donors (Lipinski definition) is 1. The topological polar surface area (TPSA) is 68.5 Å². The highest BCUT2D eigenvalue weighted by atomic mass is 15.0. The Labute approximate surface area is 145 Å². The zero-order valence-corrected chi connectivity index (χ0v) is 13.7. The quantitative estimate of drug-likeness (QED) is 0.549. The fourth-order valence-electron chi connectivity index (χ4n) is 2.69. The van der Waals surface area contributed by atoms with E-state index in [0.717, 1.165) is 47.7 Å². The molecule has 25 heavy (non-hydrogen) atoms. The smallest absolute Gasteiger partial charge is 0.154 e. The predicted molar refractivity (Wildman–Crippen MR) is 98.1 cm³/mol. The number of para-hydroxylation sites is 2. The molecule has 6 nitrogen and oxygen atoms in total. The molecule has 0 aliphatic heterocycles. The summed E-state index contributed by atoms with van der Waals surface area (Å²) in [5.41, 5.74) is 3.34. The van der Waals surface area contributed by atoms with Crippen LogP contribution in [-0.2, 0) is 6.54 Å². The van der Waals surface area contributed by atoms with Crippen molar-refractivity contribution in [3.05, 3.63) is 67.4 Å². The standard InChI is InChI=1S/C19H18N6/c1-2-7-16-15(6-1)23-18(17-8-3-4-9-21-17)19(24-16)22-10-5-12-25-13-11-20-14-25/h1-4,6-9,11,13-14H,5,10,12H2,(H,22,24). The maximum atomic E-state index is 4.77. The van der Waals surface area contributed by atoms with Gasteiger partial charge in [-0.05, 0) is 30.7 Å². The number of aryl methyl sites for hydroxylation is 1.